The zero-order valence-electron chi connectivity index (χ0n) is 15.7. The second-order valence-corrected chi connectivity index (χ2v) is 8.08. The van der Waals surface area contributed by atoms with Crippen molar-refractivity contribution >= 4 is 28.2 Å². The maximum absolute atomic E-state index is 12.9. The molecule has 0 unspecified atom stereocenters. The Morgan fingerprint density at radius 3 is 2.64 bits per heavy atom. The Balaban J connectivity index is 1.65. The van der Waals surface area contributed by atoms with Crippen LogP contribution in [0.4, 0.5) is 5.00 Å². The molecule has 2 aromatic heterocycles. The van der Waals surface area contributed by atoms with E-state index in [2.05, 4.69) is 10.4 Å². The number of nitrogens with zero attached hydrogens (tertiary/aromatic N) is 2. The van der Waals surface area contributed by atoms with Crippen LogP contribution in [0.25, 0.3) is 5.69 Å². The van der Waals surface area contributed by atoms with Crippen molar-refractivity contribution in [2.75, 3.05) is 5.32 Å². The van der Waals surface area contributed by atoms with Gasteiger partial charge in [0.1, 0.15) is 5.00 Å². The summed E-state index contributed by atoms with van der Waals surface area (Å²) >= 11 is 1.48. The van der Waals surface area contributed by atoms with Crippen molar-refractivity contribution in [2.45, 2.75) is 39.0 Å². The standard InChI is InChI=1S/C21H22N4O2S/c1-13-16(12-23-25(13)14-8-4-2-5-9-14)20(27)24-21-18(19(22)26)15-10-6-3-7-11-17(15)28-21/h2,4-5,8-9,12H,3,6-7,10-11H2,1H3,(H2,22,26)(H,24,27). The minimum absolute atomic E-state index is 0.279. The number of carbonyl (C=O) groups excluding carboxylic acids is 2. The Hall–Kier alpha value is -2.93. The summed E-state index contributed by atoms with van der Waals surface area (Å²) in [5, 5.41) is 7.82. The summed E-state index contributed by atoms with van der Waals surface area (Å²) in [6.45, 7) is 1.85. The van der Waals surface area contributed by atoms with Crippen molar-refractivity contribution < 1.29 is 9.59 Å². The summed E-state index contributed by atoms with van der Waals surface area (Å²) in [6, 6.07) is 9.65. The quantitative estimate of drug-likeness (QED) is 0.658. The van der Waals surface area contributed by atoms with Gasteiger partial charge in [-0.2, -0.15) is 5.10 Å². The Morgan fingerprint density at radius 1 is 1.14 bits per heavy atom. The molecule has 0 spiro atoms. The smallest absolute Gasteiger partial charge is 0.259 e. The van der Waals surface area contributed by atoms with Crippen LogP contribution < -0.4 is 11.1 Å². The summed E-state index contributed by atoms with van der Waals surface area (Å²) in [7, 11) is 0. The zero-order chi connectivity index (χ0) is 19.7. The molecule has 6 nitrogen and oxygen atoms in total. The van der Waals surface area contributed by atoms with E-state index in [1.807, 2.05) is 37.3 Å². The predicted octanol–water partition coefficient (Wildman–Crippen LogP) is 3.86. The molecule has 3 N–H and O–H groups in total. The molecule has 0 aliphatic heterocycles. The number of thiophene rings is 1. The van der Waals surface area contributed by atoms with Crippen molar-refractivity contribution in [3.05, 3.63) is 63.8 Å². The second-order valence-electron chi connectivity index (χ2n) is 6.98. The van der Waals surface area contributed by atoms with Crippen LogP contribution in [0.2, 0.25) is 0 Å². The SMILES string of the molecule is Cc1c(C(=O)Nc2sc3c(c2C(N)=O)CCCCC3)cnn1-c1ccccc1. The summed E-state index contributed by atoms with van der Waals surface area (Å²) < 4.78 is 1.73. The summed E-state index contributed by atoms with van der Waals surface area (Å²) in [4.78, 5) is 26.2. The van der Waals surface area contributed by atoms with Gasteiger partial charge in [-0.25, -0.2) is 4.68 Å². The normalized spacial score (nSPS) is 13.6. The van der Waals surface area contributed by atoms with Crippen molar-refractivity contribution in [3.8, 4) is 5.69 Å². The van der Waals surface area contributed by atoms with Gasteiger partial charge in [-0.15, -0.1) is 11.3 Å². The Kier molecular flexibility index (Phi) is 5.00. The molecule has 2 amide bonds. The maximum atomic E-state index is 12.9. The first-order valence-electron chi connectivity index (χ1n) is 9.42. The average molecular weight is 395 g/mol. The van der Waals surface area contributed by atoms with Crippen LogP contribution >= 0.6 is 11.3 Å². The number of nitrogens with two attached hydrogens (primary N) is 1. The number of carbonyl (C=O) groups is 2. The van der Waals surface area contributed by atoms with Gasteiger partial charge in [0.05, 0.1) is 28.7 Å². The minimum Gasteiger partial charge on any atom is -0.365 e. The van der Waals surface area contributed by atoms with E-state index in [9.17, 15) is 9.59 Å². The van der Waals surface area contributed by atoms with E-state index in [-0.39, 0.29) is 5.91 Å². The molecule has 3 aromatic rings. The average Bonchev–Trinajstić information content (AvgIpc) is 3.14. The Bertz CT molecular complexity index is 1040. The van der Waals surface area contributed by atoms with Crippen LogP contribution in [0.5, 0.6) is 0 Å². The van der Waals surface area contributed by atoms with Gasteiger partial charge >= 0.3 is 0 Å². The van der Waals surface area contributed by atoms with Gasteiger partial charge in [0, 0.05) is 4.88 Å². The van der Waals surface area contributed by atoms with Crippen LogP contribution in [0, 0.1) is 6.92 Å². The van der Waals surface area contributed by atoms with E-state index in [4.69, 9.17) is 5.73 Å². The lowest BCUT2D eigenvalue weighted by Crippen LogP contribution is -2.18. The molecule has 0 bridgehead atoms. The number of aromatic nitrogens is 2. The summed E-state index contributed by atoms with van der Waals surface area (Å²) in [5.74, 6) is -0.759. The van der Waals surface area contributed by atoms with Gasteiger partial charge in [-0.1, -0.05) is 24.6 Å². The lowest BCUT2D eigenvalue weighted by Gasteiger charge is -2.07. The molecule has 0 saturated carbocycles. The zero-order valence-corrected chi connectivity index (χ0v) is 16.5. The van der Waals surface area contributed by atoms with Gasteiger partial charge in [-0.05, 0) is 50.3 Å². The van der Waals surface area contributed by atoms with Crippen LogP contribution in [-0.2, 0) is 12.8 Å². The molecule has 1 aliphatic carbocycles. The third-order valence-corrected chi connectivity index (χ3v) is 6.36. The molecule has 0 fully saturated rings. The van der Waals surface area contributed by atoms with Crippen molar-refractivity contribution in [3.63, 3.8) is 0 Å². The number of amides is 2. The van der Waals surface area contributed by atoms with E-state index >= 15 is 0 Å². The van der Waals surface area contributed by atoms with E-state index in [0.29, 0.717) is 16.1 Å². The first-order chi connectivity index (χ1) is 13.6. The lowest BCUT2D eigenvalue weighted by atomic mass is 10.1. The first kappa shape index (κ1) is 18.4. The molecular formula is C21H22N4O2S. The third kappa shape index (κ3) is 3.33. The van der Waals surface area contributed by atoms with E-state index < -0.39 is 5.91 Å². The molecule has 0 saturated heterocycles. The number of hydrogen-bond acceptors (Lipinski definition) is 4. The number of nitrogens with one attached hydrogen (secondary N) is 1. The molecule has 0 radical (unpaired) electrons. The van der Waals surface area contributed by atoms with Crippen LogP contribution in [0.3, 0.4) is 0 Å². The molecule has 2 heterocycles. The molecule has 7 heteroatoms. The van der Waals surface area contributed by atoms with Crippen molar-refractivity contribution in [1.29, 1.82) is 0 Å². The van der Waals surface area contributed by atoms with E-state index in [0.717, 1.165) is 49.0 Å². The van der Waals surface area contributed by atoms with Gasteiger partial charge in [-0.3, -0.25) is 9.59 Å². The topological polar surface area (TPSA) is 90.0 Å². The summed E-state index contributed by atoms with van der Waals surface area (Å²) in [5.41, 5.74) is 9.25. The first-order valence-corrected chi connectivity index (χ1v) is 10.2. The monoisotopic (exact) mass is 394 g/mol. The minimum atomic E-state index is -0.480. The molecule has 1 aliphatic rings. The molecule has 144 valence electrons. The number of fused-ring (bicyclic) bond motifs is 1. The van der Waals surface area contributed by atoms with Gasteiger partial charge in [0.15, 0.2) is 0 Å². The fourth-order valence-corrected chi connectivity index (χ4v) is 5.01. The third-order valence-electron chi connectivity index (χ3n) is 5.15. The van der Waals surface area contributed by atoms with Gasteiger partial charge < -0.3 is 11.1 Å². The van der Waals surface area contributed by atoms with E-state index in [1.165, 1.54) is 16.2 Å². The molecule has 4 rings (SSSR count). The number of para-hydroxylation sites is 1. The highest BCUT2D eigenvalue weighted by Crippen LogP contribution is 2.37. The van der Waals surface area contributed by atoms with E-state index in [1.54, 1.807) is 10.9 Å². The van der Waals surface area contributed by atoms with Gasteiger partial charge in [0.2, 0.25) is 0 Å². The number of aryl methyl sites for hydroxylation is 1. The highest BCUT2D eigenvalue weighted by atomic mass is 32.1. The van der Waals surface area contributed by atoms with Crippen LogP contribution in [0.1, 0.15) is 56.1 Å². The van der Waals surface area contributed by atoms with Crippen molar-refractivity contribution in [2.24, 2.45) is 5.73 Å². The molecule has 28 heavy (non-hydrogen) atoms. The number of hydrogen-bond donors (Lipinski definition) is 2. The van der Waals surface area contributed by atoms with Crippen LogP contribution in [0.15, 0.2) is 36.5 Å². The number of anilines is 1. The second kappa shape index (κ2) is 7.59. The van der Waals surface area contributed by atoms with Gasteiger partial charge in [0.25, 0.3) is 11.8 Å². The number of benzene rings is 1. The number of rotatable bonds is 4. The number of primary amides is 1. The largest absolute Gasteiger partial charge is 0.365 e. The lowest BCUT2D eigenvalue weighted by molar-refractivity contribution is 0.100. The fraction of sp³-hybridized carbons (Fsp3) is 0.286. The molecule has 0 atom stereocenters. The Labute approximate surface area is 167 Å². The van der Waals surface area contributed by atoms with Crippen molar-refractivity contribution in [1.82, 2.24) is 9.78 Å². The highest BCUT2D eigenvalue weighted by molar-refractivity contribution is 7.17. The highest BCUT2D eigenvalue weighted by Gasteiger charge is 2.25. The predicted molar refractivity (Wildman–Crippen MR) is 110 cm³/mol. The Morgan fingerprint density at radius 2 is 1.89 bits per heavy atom. The summed E-state index contributed by atoms with van der Waals surface area (Å²) in [6.07, 6.45) is 6.62. The fourth-order valence-electron chi connectivity index (χ4n) is 3.72. The maximum Gasteiger partial charge on any atom is 0.259 e. The van der Waals surface area contributed by atoms with Crippen LogP contribution in [-0.4, -0.2) is 21.6 Å². The molecular weight excluding hydrogens is 372 g/mol. The molecule has 1 aromatic carbocycles.